The molecule has 2 aromatic carbocycles. The molecule has 0 aliphatic rings. The fourth-order valence-corrected chi connectivity index (χ4v) is 2.02. The lowest BCUT2D eigenvalue weighted by Gasteiger charge is -2.02. The number of nitrogens with zero attached hydrogens (tertiary/aromatic N) is 1. The summed E-state index contributed by atoms with van der Waals surface area (Å²) >= 11 is 0. The molecule has 0 heterocycles. The zero-order valence-electron chi connectivity index (χ0n) is 12.8. The number of carbonyl (C=O) groups is 2. The molecule has 122 valence electrons. The largest absolute Gasteiger partial charge is 0.461 e. The lowest BCUT2D eigenvalue weighted by Crippen LogP contribution is -2.11. The molecule has 24 heavy (non-hydrogen) atoms. The van der Waals surface area contributed by atoms with E-state index in [4.69, 9.17) is 4.74 Å². The molecule has 6 heteroatoms. The van der Waals surface area contributed by atoms with Crippen LogP contribution in [-0.2, 0) is 9.53 Å². The number of nitro groups is 1. The van der Waals surface area contributed by atoms with Crippen molar-refractivity contribution in [3.05, 3.63) is 81.9 Å². The monoisotopic (exact) mass is 325 g/mol. The number of ketones is 1. The van der Waals surface area contributed by atoms with Crippen molar-refractivity contribution < 1.29 is 19.2 Å². The molecule has 0 radical (unpaired) electrons. The number of para-hydroxylation sites is 1. The van der Waals surface area contributed by atoms with Crippen LogP contribution >= 0.6 is 0 Å². The lowest BCUT2D eigenvalue weighted by molar-refractivity contribution is -0.385. The number of carbonyl (C=O) groups excluding carboxylic acids is 2. The molecule has 2 rings (SSSR count). The highest BCUT2D eigenvalue weighted by atomic mass is 16.6. The van der Waals surface area contributed by atoms with Gasteiger partial charge in [-0.1, -0.05) is 42.5 Å². The number of hydrogen-bond acceptors (Lipinski definition) is 5. The highest BCUT2D eigenvalue weighted by Crippen LogP contribution is 2.18. The topological polar surface area (TPSA) is 86.5 Å². The second-order valence-corrected chi connectivity index (χ2v) is 4.87. The Morgan fingerprint density at radius 3 is 2.42 bits per heavy atom. The summed E-state index contributed by atoms with van der Waals surface area (Å²) in [7, 11) is 0. The van der Waals surface area contributed by atoms with Gasteiger partial charge in [0, 0.05) is 11.6 Å². The van der Waals surface area contributed by atoms with Crippen molar-refractivity contribution in [2.75, 3.05) is 6.61 Å². The van der Waals surface area contributed by atoms with E-state index >= 15 is 0 Å². The average Bonchev–Trinajstić information content (AvgIpc) is 2.59. The third kappa shape index (κ3) is 4.88. The summed E-state index contributed by atoms with van der Waals surface area (Å²) in [6, 6.07) is 14.7. The molecule has 0 saturated heterocycles. The maximum absolute atomic E-state index is 11.8. The Kier molecular flexibility index (Phi) is 5.96. The summed E-state index contributed by atoms with van der Waals surface area (Å²) in [4.78, 5) is 33.8. The first-order chi connectivity index (χ1) is 11.6. The van der Waals surface area contributed by atoms with Gasteiger partial charge < -0.3 is 4.74 Å². The van der Waals surface area contributed by atoms with Crippen LogP contribution in [-0.4, -0.2) is 23.3 Å². The zero-order chi connectivity index (χ0) is 17.4. The molecule has 2 aromatic rings. The lowest BCUT2D eigenvalue weighted by atomic mass is 10.1. The fourth-order valence-electron chi connectivity index (χ4n) is 2.02. The van der Waals surface area contributed by atoms with E-state index in [1.54, 1.807) is 48.5 Å². The first-order valence-corrected chi connectivity index (χ1v) is 7.22. The molecule has 0 saturated carbocycles. The van der Waals surface area contributed by atoms with Crippen molar-refractivity contribution in [3.63, 3.8) is 0 Å². The molecule has 0 spiro atoms. The van der Waals surface area contributed by atoms with Gasteiger partial charge in [0.2, 0.25) is 0 Å². The van der Waals surface area contributed by atoms with Gasteiger partial charge in [-0.2, -0.15) is 0 Å². The number of Topliss-reactive ketones (excluding diaryl/α,β-unsaturated/α-hetero) is 1. The van der Waals surface area contributed by atoms with Crippen molar-refractivity contribution in [3.8, 4) is 0 Å². The van der Waals surface area contributed by atoms with E-state index in [0.717, 1.165) is 0 Å². The van der Waals surface area contributed by atoms with Crippen LogP contribution in [0.2, 0.25) is 0 Å². The van der Waals surface area contributed by atoms with Crippen molar-refractivity contribution in [1.82, 2.24) is 0 Å². The molecule has 0 unspecified atom stereocenters. The number of rotatable bonds is 7. The molecule has 0 aliphatic carbocycles. The quantitative estimate of drug-likeness (QED) is 0.256. The molecule has 0 N–H and O–H groups in total. The summed E-state index contributed by atoms with van der Waals surface area (Å²) in [5.41, 5.74) is 0.836. The number of esters is 1. The van der Waals surface area contributed by atoms with Crippen LogP contribution in [0.5, 0.6) is 0 Å². The SMILES string of the molecule is O=C(CC(=O)c1ccccc1)OC/C=C/c1ccccc1[N+](=O)[O-]. The molecular weight excluding hydrogens is 310 g/mol. The molecule has 0 amide bonds. The molecule has 0 aliphatic heterocycles. The Labute approximate surface area is 138 Å². The van der Waals surface area contributed by atoms with Gasteiger partial charge in [-0.3, -0.25) is 19.7 Å². The van der Waals surface area contributed by atoms with Crippen LogP contribution in [0, 0.1) is 10.1 Å². The van der Waals surface area contributed by atoms with Crippen LogP contribution < -0.4 is 0 Å². The molecule has 0 aromatic heterocycles. The summed E-state index contributed by atoms with van der Waals surface area (Å²) in [5, 5.41) is 10.9. The smallest absolute Gasteiger partial charge is 0.314 e. The van der Waals surface area contributed by atoms with E-state index in [1.807, 2.05) is 0 Å². The summed E-state index contributed by atoms with van der Waals surface area (Å²) in [6.07, 6.45) is 2.65. The Hall–Kier alpha value is -3.28. The minimum absolute atomic E-state index is 0.0284. The van der Waals surface area contributed by atoms with Gasteiger partial charge in [0.25, 0.3) is 5.69 Å². The van der Waals surface area contributed by atoms with Crippen molar-refractivity contribution >= 4 is 23.5 Å². The Morgan fingerprint density at radius 2 is 1.71 bits per heavy atom. The van der Waals surface area contributed by atoms with Crippen LogP contribution in [0.4, 0.5) is 5.69 Å². The Morgan fingerprint density at radius 1 is 1.04 bits per heavy atom. The standard InChI is InChI=1S/C18H15NO5/c20-17(15-8-2-1-3-9-15)13-18(21)24-12-6-10-14-7-4-5-11-16(14)19(22)23/h1-11H,12-13H2/b10-6+. The highest BCUT2D eigenvalue weighted by Gasteiger charge is 2.12. The summed E-state index contributed by atoms with van der Waals surface area (Å²) in [5.74, 6) is -0.959. The van der Waals surface area contributed by atoms with Gasteiger partial charge in [-0.25, -0.2) is 0 Å². The van der Waals surface area contributed by atoms with Crippen LogP contribution in [0.3, 0.4) is 0 Å². The number of benzene rings is 2. The predicted octanol–water partition coefficient (Wildman–Crippen LogP) is 3.42. The highest BCUT2D eigenvalue weighted by molar-refractivity contribution is 6.05. The maximum atomic E-state index is 11.8. The molecule has 6 nitrogen and oxygen atoms in total. The fraction of sp³-hybridized carbons (Fsp3) is 0.111. The summed E-state index contributed by atoms with van der Waals surface area (Å²) in [6.45, 7) is -0.0625. The minimum Gasteiger partial charge on any atom is -0.461 e. The van der Waals surface area contributed by atoms with E-state index in [0.29, 0.717) is 11.1 Å². The Balaban J connectivity index is 1.85. The van der Waals surface area contributed by atoms with Crippen molar-refractivity contribution in [1.29, 1.82) is 0 Å². The number of ether oxygens (including phenoxy) is 1. The normalized spacial score (nSPS) is 10.5. The summed E-state index contributed by atoms with van der Waals surface area (Å²) < 4.78 is 4.94. The van der Waals surface area contributed by atoms with E-state index in [9.17, 15) is 19.7 Å². The second-order valence-electron chi connectivity index (χ2n) is 4.87. The van der Waals surface area contributed by atoms with Crippen molar-refractivity contribution in [2.24, 2.45) is 0 Å². The van der Waals surface area contributed by atoms with Crippen LogP contribution in [0.1, 0.15) is 22.3 Å². The maximum Gasteiger partial charge on any atom is 0.314 e. The molecule has 0 atom stereocenters. The number of nitro benzene ring substituents is 1. The third-order valence-electron chi connectivity index (χ3n) is 3.17. The van der Waals surface area contributed by atoms with Gasteiger partial charge in [-0.15, -0.1) is 0 Å². The van der Waals surface area contributed by atoms with Crippen LogP contribution in [0.25, 0.3) is 6.08 Å². The Bertz CT molecular complexity index is 768. The van der Waals surface area contributed by atoms with Gasteiger partial charge in [0.15, 0.2) is 5.78 Å². The molecule has 0 fully saturated rings. The third-order valence-corrected chi connectivity index (χ3v) is 3.17. The van der Waals surface area contributed by atoms with Gasteiger partial charge in [0.05, 0.1) is 10.5 Å². The van der Waals surface area contributed by atoms with E-state index < -0.39 is 10.9 Å². The molecular formula is C18H15NO5. The van der Waals surface area contributed by atoms with E-state index in [1.165, 1.54) is 18.2 Å². The van der Waals surface area contributed by atoms with E-state index in [2.05, 4.69) is 0 Å². The minimum atomic E-state index is -0.643. The zero-order valence-corrected chi connectivity index (χ0v) is 12.8. The van der Waals surface area contributed by atoms with E-state index in [-0.39, 0.29) is 24.5 Å². The van der Waals surface area contributed by atoms with Crippen molar-refractivity contribution in [2.45, 2.75) is 6.42 Å². The first-order valence-electron chi connectivity index (χ1n) is 7.22. The first kappa shape index (κ1) is 17.1. The molecule has 0 bridgehead atoms. The predicted molar refractivity (Wildman–Crippen MR) is 88.5 cm³/mol. The second kappa shape index (κ2) is 8.38. The van der Waals surface area contributed by atoms with Crippen LogP contribution in [0.15, 0.2) is 60.7 Å². The van der Waals surface area contributed by atoms with Gasteiger partial charge >= 0.3 is 5.97 Å². The number of hydrogen-bond donors (Lipinski definition) is 0. The van der Waals surface area contributed by atoms with Gasteiger partial charge in [-0.05, 0) is 18.2 Å². The average molecular weight is 325 g/mol. The van der Waals surface area contributed by atoms with Gasteiger partial charge in [0.1, 0.15) is 13.0 Å².